The van der Waals surface area contributed by atoms with E-state index in [1.165, 1.54) is 12.1 Å². The van der Waals surface area contributed by atoms with Gasteiger partial charge in [0.2, 0.25) is 0 Å². The Morgan fingerprint density at radius 2 is 1.84 bits per heavy atom. The highest BCUT2D eigenvalue weighted by Gasteiger charge is 2.22. The maximum atomic E-state index is 12.7. The van der Waals surface area contributed by atoms with Crippen LogP contribution >= 0.6 is 0 Å². The molecule has 164 valence electrons. The van der Waals surface area contributed by atoms with Crippen molar-refractivity contribution < 1.29 is 19.2 Å². The second-order valence-corrected chi connectivity index (χ2v) is 6.88. The molecule has 1 aromatic heterocycles. The molecule has 2 aromatic carbocycles. The number of nitrogens with one attached hydrogen (secondary N) is 1. The number of amides is 1. The highest BCUT2D eigenvalue weighted by Crippen LogP contribution is 2.21. The number of para-hydroxylation sites is 1. The molecule has 10 heteroatoms. The first-order valence-corrected chi connectivity index (χ1v) is 9.66. The van der Waals surface area contributed by atoms with E-state index in [1.807, 2.05) is 0 Å². The van der Waals surface area contributed by atoms with Crippen molar-refractivity contribution in [2.75, 3.05) is 11.9 Å². The summed E-state index contributed by atoms with van der Waals surface area (Å²) in [5, 5.41) is 17.8. The van der Waals surface area contributed by atoms with Crippen LogP contribution in [-0.4, -0.2) is 33.2 Å². The van der Waals surface area contributed by atoms with Crippen molar-refractivity contribution in [1.82, 2.24) is 9.78 Å². The van der Waals surface area contributed by atoms with E-state index in [4.69, 9.17) is 4.74 Å². The molecule has 0 aliphatic rings. The zero-order chi connectivity index (χ0) is 23.4. The summed E-state index contributed by atoms with van der Waals surface area (Å²) >= 11 is 0. The SMILES string of the molecule is CCOC(=O)c1nn(-c2ccccc2C)c(=O)cc1NC(=O)c1ccc(C)c([N+](=O)[O-])c1. The predicted octanol–water partition coefficient (Wildman–Crippen LogP) is 3.19. The van der Waals surface area contributed by atoms with E-state index < -0.39 is 22.4 Å². The van der Waals surface area contributed by atoms with E-state index in [0.717, 1.165) is 22.4 Å². The Balaban J connectivity index is 2.07. The summed E-state index contributed by atoms with van der Waals surface area (Å²) in [4.78, 5) is 48.6. The maximum absolute atomic E-state index is 12.7. The Bertz CT molecular complexity index is 1280. The van der Waals surface area contributed by atoms with E-state index in [9.17, 15) is 24.5 Å². The largest absolute Gasteiger partial charge is 0.461 e. The molecule has 0 spiro atoms. The maximum Gasteiger partial charge on any atom is 0.360 e. The number of nitro benzene ring substituents is 1. The molecule has 0 atom stereocenters. The third kappa shape index (κ3) is 4.53. The van der Waals surface area contributed by atoms with Crippen molar-refractivity contribution in [2.24, 2.45) is 0 Å². The van der Waals surface area contributed by atoms with Crippen LogP contribution in [0.15, 0.2) is 53.3 Å². The number of aryl methyl sites for hydroxylation is 2. The number of rotatable bonds is 6. The van der Waals surface area contributed by atoms with Gasteiger partial charge < -0.3 is 10.1 Å². The van der Waals surface area contributed by atoms with Gasteiger partial charge in [-0.15, -0.1) is 0 Å². The summed E-state index contributed by atoms with van der Waals surface area (Å²) in [5.74, 6) is -1.58. The molecule has 3 rings (SSSR count). The third-order valence-electron chi connectivity index (χ3n) is 4.66. The number of ether oxygens (including phenoxy) is 1. The topological polar surface area (TPSA) is 133 Å². The fourth-order valence-electron chi connectivity index (χ4n) is 3.02. The van der Waals surface area contributed by atoms with Gasteiger partial charge in [-0.25, -0.2) is 4.79 Å². The molecule has 0 fully saturated rings. The van der Waals surface area contributed by atoms with Crippen LogP contribution in [0.2, 0.25) is 0 Å². The summed E-state index contributed by atoms with van der Waals surface area (Å²) in [6, 6.07) is 12.0. The molecule has 10 nitrogen and oxygen atoms in total. The first kappa shape index (κ1) is 22.3. The lowest BCUT2D eigenvalue weighted by Gasteiger charge is -2.13. The number of carbonyl (C=O) groups excluding carboxylic acids is 2. The summed E-state index contributed by atoms with van der Waals surface area (Å²) in [6.07, 6.45) is 0. The standard InChI is InChI=1S/C22H20N4O6/c1-4-32-22(29)20-16(12-19(27)25(24-20)17-8-6-5-7-13(17)2)23-21(28)15-10-9-14(3)18(11-15)26(30)31/h5-12H,4H2,1-3H3,(H,23,28). The minimum absolute atomic E-state index is 0.0137. The number of hydrogen-bond acceptors (Lipinski definition) is 7. The molecule has 0 unspecified atom stereocenters. The number of esters is 1. The van der Waals surface area contributed by atoms with Gasteiger partial charge in [0.25, 0.3) is 17.2 Å². The van der Waals surface area contributed by atoms with Gasteiger partial charge >= 0.3 is 5.97 Å². The number of carbonyl (C=O) groups is 2. The molecular formula is C22H20N4O6. The average molecular weight is 436 g/mol. The van der Waals surface area contributed by atoms with E-state index in [1.54, 1.807) is 45.0 Å². The number of nitro groups is 1. The first-order chi connectivity index (χ1) is 15.2. The lowest BCUT2D eigenvalue weighted by Crippen LogP contribution is -2.27. The Labute approximate surface area is 182 Å². The van der Waals surface area contributed by atoms with Crippen molar-refractivity contribution in [3.05, 3.63) is 91.4 Å². The van der Waals surface area contributed by atoms with Gasteiger partial charge in [0.1, 0.15) is 0 Å². The Morgan fingerprint density at radius 3 is 2.50 bits per heavy atom. The van der Waals surface area contributed by atoms with Crippen LogP contribution in [0.1, 0.15) is 38.9 Å². The lowest BCUT2D eigenvalue weighted by atomic mass is 10.1. The van der Waals surface area contributed by atoms with Crippen LogP contribution in [0.3, 0.4) is 0 Å². The molecule has 0 aliphatic carbocycles. The number of benzene rings is 2. The van der Waals surface area contributed by atoms with Gasteiger partial charge in [-0.1, -0.05) is 24.3 Å². The smallest absolute Gasteiger partial charge is 0.360 e. The van der Waals surface area contributed by atoms with Crippen molar-refractivity contribution in [2.45, 2.75) is 20.8 Å². The molecular weight excluding hydrogens is 416 g/mol. The minimum Gasteiger partial charge on any atom is -0.461 e. The summed E-state index contributed by atoms with van der Waals surface area (Å²) in [7, 11) is 0. The highest BCUT2D eigenvalue weighted by atomic mass is 16.6. The van der Waals surface area contributed by atoms with Crippen molar-refractivity contribution in [3.8, 4) is 5.69 Å². The summed E-state index contributed by atoms with van der Waals surface area (Å²) < 4.78 is 6.08. The number of nitrogens with zero attached hydrogens (tertiary/aromatic N) is 3. The van der Waals surface area contributed by atoms with E-state index in [-0.39, 0.29) is 29.2 Å². The van der Waals surface area contributed by atoms with Crippen LogP contribution in [0, 0.1) is 24.0 Å². The Kier molecular flexibility index (Phi) is 6.43. The van der Waals surface area contributed by atoms with Crippen LogP contribution in [0.25, 0.3) is 5.69 Å². The zero-order valence-corrected chi connectivity index (χ0v) is 17.6. The third-order valence-corrected chi connectivity index (χ3v) is 4.66. The molecule has 0 radical (unpaired) electrons. The van der Waals surface area contributed by atoms with Crippen LogP contribution < -0.4 is 10.9 Å². The normalized spacial score (nSPS) is 10.5. The van der Waals surface area contributed by atoms with Crippen LogP contribution in [-0.2, 0) is 4.74 Å². The van der Waals surface area contributed by atoms with Gasteiger partial charge in [-0.3, -0.25) is 19.7 Å². The van der Waals surface area contributed by atoms with Crippen LogP contribution in [0.5, 0.6) is 0 Å². The Hall–Kier alpha value is -4.34. The molecule has 0 saturated heterocycles. The van der Waals surface area contributed by atoms with Gasteiger partial charge in [0, 0.05) is 23.3 Å². The summed E-state index contributed by atoms with van der Waals surface area (Å²) in [6.45, 7) is 5.00. The minimum atomic E-state index is -0.833. The fourth-order valence-corrected chi connectivity index (χ4v) is 3.02. The van der Waals surface area contributed by atoms with Crippen LogP contribution in [0.4, 0.5) is 11.4 Å². The van der Waals surface area contributed by atoms with E-state index in [2.05, 4.69) is 10.4 Å². The average Bonchev–Trinajstić information content (AvgIpc) is 2.74. The van der Waals surface area contributed by atoms with Gasteiger partial charge in [0.05, 0.1) is 22.9 Å². The molecule has 0 saturated carbocycles. The van der Waals surface area contributed by atoms with E-state index >= 15 is 0 Å². The van der Waals surface area contributed by atoms with Crippen molar-refractivity contribution in [3.63, 3.8) is 0 Å². The second-order valence-electron chi connectivity index (χ2n) is 6.88. The molecule has 1 N–H and O–H groups in total. The fraction of sp³-hybridized carbons (Fsp3) is 0.182. The van der Waals surface area contributed by atoms with Gasteiger partial charge in [0.15, 0.2) is 5.69 Å². The van der Waals surface area contributed by atoms with Gasteiger partial charge in [-0.2, -0.15) is 9.78 Å². The molecule has 0 bridgehead atoms. The predicted molar refractivity (Wildman–Crippen MR) is 116 cm³/mol. The highest BCUT2D eigenvalue weighted by molar-refractivity contribution is 6.07. The van der Waals surface area contributed by atoms with Crippen molar-refractivity contribution in [1.29, 1.82) is 0 Å². The molecule has 0 aliphatic heterocycles. The quantitative estimate of drug-likeness (QED) is 0.356. The van der Waals surface area contributed by atoms with Gasteiger partial charge in [-0.05, 0) is 38.5 Å². The molecule has 32 heavy (non-hydrogen) atoms. The zero-order valence-electron chi connectivity index (χ0n) is 17.6. The summed E-state index contributed by atoms with van der Waals surface area (Å²) in [5.41, 5.74) is 0.349. The molecule has 1 amide bonds. The number of aromatic nitrogens is 2. The monoisotopic (exact) mass is 436 g/mol. The number of hydrogen-bond donors (Lipinski definition) is 1. The van der Waals surface area contributed by atoms with E-state index in [0.29, 0.717) is 11.3 Å². The second kappa shape index (κ2) is 9.21. The van der Waals surface area contributed by atoms with Crippen molar-refractivity contribution >= 4 is 23.3 Å². The molecule has 1 heterocycles. The molecule has 3 aromatic rings. The lowest BCUT2D eigenvalue weighted by molar-refractivity contribution is -0.385. The first-order valence-electron chi connectivity index (χ1n) is 9.66. The number of anilines is 1. The Morgan fingerprint density at radius 1 is 1.12 bits per heavy atom.